The van der Waals surface area contributed by atoms with Gasteiger partial charge in [-0.15, -0.1) is 0 Å². The smallest absolute Gasteiger partial charge is 0.268 e. The van der Waals surface area contributed by atoms with Gasteiger partial charge in [-0.25, -0.2) is 4.98 Å². The van der Waals surface area contributed by atoms with Gasteiger partial charge in [0.2, 0.25) is 5.95 Å². The molecule has 0 bridgehead atoms. The molecule has 26 heavy (non-hydrogen) atoms. The van der Waals surface area contributed by atoms with E-state index in [1.807, 2.05) is 12.3 Å². The van der Waals surface area contributed by atoms with Crippen LogP contribution in [0.5, 0.6) is 0 Å². The summed E-state index contributed by atoms with van der Waals surface area (Å²) in [7, 11) is 0. The fourth-order valence-corrected chi connectivity index (χ4v) is 4.84. The van der Waals surface area contributed by atoms with Gasteiger partial charge in [-0.2, -0.15) is 4.98 Å². The fourth-order valence-electron chi connectivity index (χ4n) is 4.84. The van der Waals surface area contributed by atoms with Crippen molar-refractivity contribution in [2.24, 2.45) is 0 Å². The molecular weight excluding hydrogens is 330 g/mol. The lowest BCUT2D eigenvalue weighted by molar-refractivity contribution is 0.0842. The van der Waals surface area contributed by atoms with Crippen LogP contribution in [0.4, 0.5) is 5.95 Å². The first-order valence-corrected chi connectivity index (χ1v) is 9.75. The van der Waals surface area contributed by atoms with Crippen molar-refractivity contribution < 1.29 is 9.90 Å². The summed E-state index contributed by atoms with van der Waals surface area (Å²) in [4.78, 5) is 21.8. The van der Waals surface area contributed by atoms with E-state index in [1.54, 1.807) is 0 Å². The van der Waals surface area contributed by atoms with Crippen LogP contribution >= 0.6 is 0 Å². The maximum absolute atomic E-state index is 12.6. The number of carbonyl (C=O) groups excluding carboxylic acids is 1. The summed E-state index contributed by atoms with van der Waals surface area (Å²) in [6.07, 6.45) is 9.57. The zero-order valence-corrected chi connectivity index (χ0v) is 14.9. The molecule has 0 unspecified atom stereocenters. The lowest BCUT2D eigenvalue weighted by Crippen LogP contribution is -2.53. The van der Waals surface area contributed by atoms with Gasteiger partial charge in [0.15, 0.2) is 0 Å². The number of hydrogen-bond donors (Lipinski definition) is 3. The molecule has 1 amide bonds. The van der Waals surface area contributed by atoms with Crippen molar-refractivity contribution in [3.8, 4) is 0 Å². The van der Waals surface area contributed by atoms with Crippen molar-refractivity contribution in [1.82, 2.24) is 19.9 Å². The van der Waals surface area contributed by atoms with Gasteiger partial charge in [0.1, 0.15) is 11.3 Å². The Labute approximate surface area is 152 Å². The zero-order chi connectivity index (χ0) is 17.7. The monoisotopic (exact) mass is 355 g/mol. The highest BCUT2D eigenvalue weighted by Gasteiger charge is 2.41. The number of fused-ring (bicyclic) bond motifs is 3. The predicted octanol–water partition coefficient (Wildman–Crippen LogP) is 2.20. The van der Waals surface area contributed by atoms with E-state index in [9.17, 15) is 9.90 Å². The standard InChI is InChI=1S/C19H25N5O2/c25-14-5-3-13(4-6-14)21-18-20-10-12-9-15-17(26)23-19(7-1-2-8-19)11-24(15)16(12)22-18/h9-10,13-14,25H,1-8,11H2,(H,23,26)(H,20,21,22)/t13-,14-. The van der Waals surface area contributed by atoms with Crippen molar-refractivity contribution in [2.45, 2.75) is 75.6 Å². The topological polar surface area (TPSA) is 92.1 Å². The molecule has 138 valence electrons. The van der Waals surface area contributed by atoms with Crippen LogP contribution in [-0.4, -0.2) is 43.2 Å². The van der Waals surface area contributed by atoms with Gasteiger partial charge in [-0.1, -0.05) is 12.8 Å². The molecule has 7 nitrogen and oxygen atoms in total. The Morgan fingerprint density at radius 3 is 2.77 bits per heavy atom. The second-order valence-electron chi connectivity index (χ2n) is 8.18. The van der Waals surface area contributed by atoms with Crippen molar-refractivity contribution in [3.05, 3.63) is 18.0 Å². The highest BCUT2D eigenvalue weighted by atomic mass is 16.3. The lowest BCUT2D eigenvalue weighted by Gasteiger charge is -2.35. The number of anilines is 1. The lowest BCUT2D eigenvalue weighted by atomic mass is 9.93. The first-order chi connectivity index (χ1) is 12.6. The average Bonchev–Trinajstić information content (AvgIpc) is 3.22. The van der Waals surface area contributed by atoms with Crippen LogP contribution in [0.15, 0.2) is 12.3 Å². The molecule has 1 spiro atoms. The molecule has 3 heterocycles. The Morgan fingerprint density at radius 1 is 1.23 bits per heavy atom. The van der Waals surface area contributed by atoms with E-state index in [0.717, 1.165) is 56.1 Å². The minimum Gasteiger partial charge on any atom is -0.393 e. The highest BCUT2D eigenvalue weighted by molar-refractivity contribution is 5.99. The summed E-state index contributed by atoms with van der Waals surface area (Å²) >= 11 is 0. The molecule has 0 radical (unpaired) electrons. The minimum atomic E-state index is -0.171. The number of aromatic nitrogens is 3. The molecule has 2 saturated carbocycles. The van der Waals surface area contributed by atoms with Crippen molar-refractivity contribution in [1.29, 1.82) is 0 Å². The van der Waals surface area contributed by atoms with E-state index >= 15 is 0 Å². The molecular formula is C19H25N5O2. The predicted molar refractivity (Wildman–Crippen MR) is 98.1 cm³/mol. The summed E-state index contributed by atoms with van der Waals surface area (Å²) in [5.41, 5.74) is 1.42. The van der Waals surface area contributed by atoms with Crippen LogP contribution in [0.3, 0.4) is 0 Å². The van der Waals surface area contributed by atoms with Gasteiger partial charge >= 0.3 is 0 Å². The summed E-state index contributed by atoms with van der Waals surface area (Å²) < 4.78 is 2.08. The average molecular weight is 355 g/mol. The molecule has 0 saturated heterocycles. The van der Waals surface area contributed by atoms with Crippen LogP contribution < -0.4 is 10.6 Å². The number of aliphatic hydroxyl groups excluding tert-OH is 1. The van der Waals surface area contributed by atoms with Gasteiger partial charge in [0, 0.05) is 24.2 Å². The van der Waals surface area contributed by atoms with Crippen LogP contribution in [0.1, 0.15) is 61.9 Å². The van der Waals surface area contributed by atoms with Crippen molar-refractivity contribution in [3.63, 3.8) is 0 Å². The Morgan fingerprint density at radius 2 is 2.00 bits per heavy atom. The third-order valence-corrected chi connectivity index (χ3v) is 6.30. The van der Waals surface area contributed by atoms with E-state index in [-0.39, 0.29) is 17.6 Å². The summed E-state index contributed by atoms with van der Waals surface area (Å²) in [5.74, 6) is 0.623. The van der Waals surface area contributed by atoms with Crippen molar-refractivity contribution >= 4 is 22.9 Å². The number of carbonyl (C=O) groups is 1. The highest BCUT2D eigenvalue weighted by Crippen LogP contribution is 2.36. The van der Waals surface area contributed by atoms with Crippen molar-refractivity contribution in [2.75, 3.05) is 5.32 Å². The molecule has 2 aromatic heterocycles. The normalized spacial score (nSPS) is 27.5. The second kappa shape index (κ2) is 5.94. The van der Waals surface area contributed by atoms with Gasteiger partial charge in [0.05, 0.1) is 11.6 Å². The Bertz CT molecular complexity index is 847. The zero-order valence-electron chi connectivity index (χ0n) is 14.9. The summed E-state index contributed by atoms with van der Waals surface area (Å²) in [6, 6.07) is 2.20. The third kappa shape index (κ3) is 2.65. The second-order valence-corrected chi connectivity index (χ2v) is 8.18. The number of rotatable bonds is 2. The van der Waals surface area contributed by atoms with Gasteiger partial charge in [-0.05, 0) is 44.6 Å². The molecule has 3 N–H and O–H groups in total. The number of nitrogens with zero attached hydrogens (tertiary/aromatic N) is 3. The van der Waals surface area contributed by atoms with Gasteiger partial charge in [0.25, 0.3) is 5.91 Å². The Kier molecular flexibility index (Phi) is 3.67. The fraction of sp³-hybridized carbons (Fsp3) is 0.632. The van der Waals surface area contributed by atoms with Crippen LogP contribution in [0.2, 0.25) is 0 Å². The Hall–Kier alpha value is -2.15. The maximum Gasteiger partial charge on any atom is 0.268 e. The first-order valence-electron chi connectivity index (χ1n) is 9.75. The SMILES string of the molecule is O=C1NC2(CCCC2)Cn2c1cc1cnc(N[C@H]3CC[C@H](O)CC3)nc12. The van der Waals surface area contributed by atoms with E-state index < -0.39 is 0 Å². The third-order valence-electron chi connectivity index (χ3n) is 6.30. The van der Waals surface area contributed by atoms with E-state index in [2.05, 4.69) is 20.2 Å². The molecule has 7 heteroatoms. The molecule has 2 aromatic rings. The molecule has 3 aliphatic rings. The molecule has 1 aliphatic heterocycles. The largest absolute Gasteiger partial charge is 0.393 e. The summed E-state index contributed by atoms with van der Waals surface area (Å²) in [5, 5.41) is 17.2. The Balaban J connectivity index is 1.46. The van der Waals surface area contributed by atoms with Crippen LogP contribution in [0.25, 0.3) is 11.0 Å². The molecule has 0 atom stereocenters. The van der Waals surface area contributed by atoms with E-state index in [1.165, 1.54) is 12.8 Å². The van der Waals surface area contributed by atoms with Gasteiger partial charge in [-0.3, -0.25) is 4.79 Å². The molecule has 2 fully saturated rings. The number of aliphatic hydroxyl groups is 1. The molecule has 0 aromatic carbocycles. The van der Waals surface area contributed by atoms with Crippen LogP contribution in [-0.2, 0) is 6.54 Å². The quantitative estimate of drug-likeness (QED) is 0.768. The summed E-state index contributed by atoms with van der Waals surface area (Å²) in [6.45, 7) is 0.795. The van der Waals surface area contributed by atoms with E-state index in [0.29, 0.717) is 17.7 Å². The van der Waals surface area contributed by atoms with E-state index in [4.69, 9.17) is 4.98 Å². The first kappa shape index (κ1) is 16.1. The molecule has 2 aliphatic carbocycles. The minimum absolute atomic E-state index is 0.00641. The molecule has 5 rings (SSSR count). The number of hydrogen-bond acceptors (Lipinski definition) is 5. The maximum atomic E-state index is 12.6. The van der Waals surface area contributed by atoms with Gasteiger partial charge < -0.3 is 20.3 Å². The van der Waals surface area contributed by atoms with Crippen LogP contribution in [0, 0.1) is 0 Å². The number of amides is 1. The number of nitrogens with one attached hydrogen (secondary N) is 2.